The van der Waals surface area contributed by atoms with Gasteiger partial charge in [0.05, 0.1) is 6.61 Å². The van der Waals surface area contributed by atoms with Crippen LogP contribution >= 0.6 is 7.82 Å². The molecule has 0 rings (SSSR count). The Morgan fingerprint density at radius 2 is 1.02 bits per heavy atom. The van der Waals surface area contributed by atoms with Crippen molar-refractivity contribution in [3.63, 3.8) is 0 Å². The molecule has 0 saturated carbocycles. The molecule has 0 aliphatic carbocycles. The third-order valence-electron chi connectivity index (χ3n) is 7.63. The summed E-state index contributed by atoms with van der Waals surface area (Å²) < 4.78 is 26.2. The summed E-state index contributed by atoms with van der Waals surface area (Å²) in [6.07, 6.45) is 37.4. The van der Waals surface area contributed by atoms with E-state index in [0.29, 0.717) is 12.8 Å². The van der Waals surface area contributed by atoms with E-state index in [9.17, 15) is 14.2 Å². The average molecular weight is 671 g/mol. The lowest BCUT2D eigenvalue weighted by molar-refractivity contribution is -0.161. The van der Waals surface area contributed by atoms with Crippen molar-refractivity contribution in [2.24, 2.45) is 0 Å². The number of phosphoric ester groups is 1. The average Bonchev–Trinajstić information content (AvgIpc) is 3.02. The predicted octanol–water partition coefficient (Wildman–Crippen LogP) is 10.6. The number of allylic oxidation sites excluding steroid dienone is 6. The second kappa shape index (κ2) is 33.2. The molecule has 0 unspecified atom stereocenters. The van der Waals surface area contributed by atoms with E-state index >= 15 is 0 Å². The van der Waals surface area contributed by atoms with E-state index in [2.05, 4.69) is 48.8 Å². The maximum atomic E-state index is 12.3. The summed E-state index contributed by atoms with van der Waals surface area (Å²) >= 11 is 0. The fraction of sp³-hybridized carbons (Fsp3) is 0.784. The van der Waals surface area contributed by atoms with Crippen LogP contribution in [0.4, 0.5) is 0 Å². The molecular formula is C37H67O8P. The van der Waals surface area contributed by atoms with Crippen molar-refractivity contribution in [1.82, 2.24) is 0 Å². The van der Waals surface area contributed by atoms with E-state index in [-0.39, 0.29) is 19.4 Å². The van der Waals surface area contributed by atoms with Gasteiger partial charge in [-0.1, -0.05) is 134 Å². The van der Waals surface area contributed by atoms with Gasteiger partial charge in [0.15, 0.2) is 6.10 Å². The molecule has 1 atom stereocenters. The first-order valence-electron chi connectivity index (χ1n) is 18.3. The van der Waals surface area contributed by atoms with Gasteiger partial charge in [-0.05, 0) is 57.8 Å². The second-order valence-electron chi connectivity index (χ2n) is 12.2. The Bertz CT molecular complexity index is 848. The zero-order valence-corrected chi connectivity index (χ0v) is 30.1. The summed E-state index contributed by atoms with van der Waals surface area (Å²) in [4.78, 5) is 42.6. The first-order chi connectivity index (χ1) is 22.3. The highest BCUT2D eigenvalue weighted by atomic mass is 31.2. The molecule has 0 aromatic heterocycles. The van der Waals surface area contributed by atoms with Crippen LogP contribution < -0.4 is 0 Å². The maximum absolute atomic E-state index is 12.3. The fourth-order valence-electron chi connectivity index (χ4n) is 4.86. The van der Waals surface area contributed by atoms with Crippen molar-refractivity contribution >= 4 is 19.8 Å². The predicted molar refractivity (Wildman–Crippen MR) is 188 cm³/mol. The molecule has 0 aliphatic heterocycles. The van der Waals surface area contributed by atoms with Crippen LogP contribution in [-0.4, -0.2) is 41.0 Å². The molecule has 8 nitrogen and oxygen atoms in total. The van der Waals surface area contributed by atoms with E-state index < -0.39 is 32.5 Å². The molecule has 0 aliphatic rings. The lowest BCUT2D eigenvalue weighted by Gasteiger charge is -2.18. The number of esters is 2. The topological polar surface area (TPSA) is 119 Å². The standard InChI is InChI=1S/C37H67O8P/c1-3-5-7-9-11-13-15-16-17-18-19-20-22-24-26-28-30-32-37(39)45-35(34-44-46(40,41)42)33-43-36(38)31-29-27-25-23-21-14-12-10-8-6-4-2/h10,12,19-20,24,26,35H,3-9,11,13-18,21-23,25,27-34H2,1-2H3,(H2,40,41,42)/b12-10+,20-19+,26-24+/t35-/m1/s1. The molecule has 0 amide bonds. The number of unbranched alkanes of at least 4 members (excludes halogenated alkanes) is 17. The largest absolute Gasteiger partial charge is 0.469 e. The lowest BCUT2D eigenvalue weighted by atomic mass is 10.1. The van der Waals surface area contributed by atoms with Gasteiger partial charge in [-0.3, -0.25) is 14.1 Å². The van der Waals surface area contributed by atoms with Gasteiger partial charge < -0.3 is 19.3 Å². The first-order valence-corrected chi connectivity index (χ1v) is 19.8. The molecule has 268 valence electrons. The Kier molecular flexibility index (Phi) is 31.9. The van der Waals surface area contributed by atoms with Crippen LogP contribution in [0.2, 0.25) is 0 Å². The molecule has 0 aromatic carbocycles. The van der Waals surface area contributed by atoms with Crippen molar-refractivity contribution < 1.29 is 37.9 Å². The molecule has 46 heavy (non-hydrogen) atoms. The number of ether oxygens (including phenoxy) is 2. The summed E-state index contributed by atoms with van der Waals surface area (Å²) in [5.74, 6) is -0.951. The Morgan fingerprint density at radius 3 is 1.59 bits per heavy atom. The molecule has 0 spiro atoms. The Balaban J connectivity index is 4.05. The normalized spacial score (nSPS) is 12.9. The van der Waals surface area contributed by atoms with E-state index in [0.717, 1.165) is 57.8 Å². The second-order valence-corrected chi connectivity index (χ2v) is 13.4. The smallest absolute Gasteiger partial charge is 0.462 e. The Labute approximate surface area is 281 Å². The van der Waals surface area contributed by atoms with E-state index in [1.807, 2.05) is 6.08 Å². The van der Waals surface area contributed by atoms with Crippen molar-refractivity contribution in [1.29, 1.82) is 0 Å². The van der Waals surface area contributed by atoms with Gasteiger partial charge >= 0.3 is 19.8 Å². The minimum Gasteiger partial charge on any atom is -0.462 e. The van der Waals surface area contributed by atoms with Crippen LogP contribution in [0.5, 0.6) is 0 Å². The molecule has 0 radical (unpaired) electrons. The van der Waals surface area contributed by atoms with Gasteiger partial charge in [0.25, 0.3) is 0 Å². The summed E-state index contributed by atoms with van der Waals surface area (Å²) in [6.45, 7) is 3.58. The molecular weight excluding hydrogens is 603 g/mol. The third-order valence-corrected chi connectivity index (χ3v) is 8.12. The number of phosphoric acid groups is 1. The first kappa shape index (κ1) is 44.3. The molecule has 9 heteroatoms. The SMILES string of the molecule is CCCC/C=C/CCCCCCCC(=O)OC[C@H](COP(=O)(O)O)OC(=O)CCC/C=C/C/C=C/CCCCCCCCCCC. The summed E-state index contributed by atoms with van der Waals surface area (Å²) in [5, 5.41) is 0. The van der Waals surface area contributed by atoms with Crippen LogP contribution in [0.1, 0.15) is 168 Å². The van der Waals surface area contributed by atoms with Crippen molar-refractivity contribution in [2.75, 3.05) is 13.2 Å². The van der Waals surface area contributed by atoms with Crippen LogP contribution in [0.25, 0.3) is 0 Å². The van der Waals surface area contributed by atoms with Gasteiger partial charge in [-0.25, -0.2) is 4.57 Å². The fourth-order valence-corrected chi connectivity index (χ4v) is 5.22. The number of hydrogen-bond acceptors (Lipinski definition) is 6. The van der Waals surface area contributed by atoms with Gasteiger partial charge in [-0.15, -0.1) is 0 Å². The van der Waals surface area contributed by atoms with Gasteiger partial charge in [0.1, 0.15) is 6.61 Å². The lowest BCUT2D eigenvalue weighted by Crippen LogP contribution is -2.29. The Morgan fingerprint density at radius 1 is 0.565 bits per heavy atom. The number of hydrogen-bond donors (Lipinski definition) is 2. The highest BCUT2D eigenvalue weighted by Crippen LogP contribution is 2.35. The molecule has 0 aromatic rings. The number of carbonyl (C=O) groups excluding carboxylic acids is 2. The number of rotatable bonds is 33. The summed E-state index contributed by atoms with van der Waals surface area (Å²) in [6, 6.07) is 0. The quantitative estimate of drug-likeness (QED) is 0.0306. The van der Waals surface area contributed by atoms with Crippen molar-refractivity contribution in [3.05, 3.63) is 36.5 Å². The number of carbonyl (C=O) groups is 2. The highest BCUT2D eigenvalue weighted by Gasteiger charge is 2.22. The van der Waals surface area contributed by atoms with E-state index in [4.69, 9.17) is 19.3 Å². The zero-order chi connectivity index (χ0) is 34.0. The molecule has 0 saturated heterocycles. The maximum Gasteiger partial charge on any atom is 0.469 e. The monoisotopic (exact) mass is 670 g/mol. The zero-order valence-electron chi connectivity index (χ0n) is 29.2. The third kappa shape index (κ3) is 35.1. The Hall–Kier alpha value is -1.73. The van der Waals surface area contributed by atoms with Crippen LogP contribution in [0.15, 0.2) is 36.5 Å². The van der Waals surface area contributed by atoms with Crippen LogP contribution in [-0.2, 0) is 28.2 Å². The van der Waals surface area contributed by atoms with Crippen molar-refractivity contribution in [2.45, 2.75) is 174 Å². The molecule has 0 fully saturated rings. The molecule has 0 heterocycles. The summed E-state index contributed by atoms with van der Waals surface area (Å²) in [7, 11) is -4.76. The van der Waals surface area contributed by atoms with Gasteiger partial charge in [0, 0.05) is 12.8 Å². The van der Waals surface area contributed by atoms with Crippen LogP contribution in [0.3, 0.4) is 0 Å². The minimum absolute atomic E-state index is 0.146. The van der Waals surface area contributed by atoms with Gasteiger partial charge in [0.2, 0.25) is 0 Å². The highest BCUT2D eigenvalue weighted by molar-refractivity contribution is 7.46. The molecule has 0 bridgehead atoms. The summed E-state index contributed by atoms with van der Waals surface area (Å²) in [5.41, 5.74) is 0. The van der Waals surface area contributed by atoms with Crippen molar-refractivity contribution in [3.8, 4) is 0 Å². The van der Waals surface area contributed by atoms with Crippen LogP contribution in [0, 0.1) is 0 Å². The van der Waals surface area contributed by atoms with Gasteiger partial charge in [-0.2, -0.15) is 0 Å². The van der Waals surface area contributed by atoms with E-state index in [1.165, 1.54) is 70.6 Å². The van der Waals surface area contributed by atoms with E-state index in [1.54, 1.807) is 0 Å². The molecule has 2 N–H and O–H groups in total. The minimum atomic E-state index is -4.76.